The largest absolute Gasteiger partial charge is 0.516 e. The minimum Gasteiger partial charge on any atom is -0.389 e. The van der Waals surface area contributed by atoms with Crippen LogP contribution in [0.1, 0.15) is 48.8 Å². The highest BCUT2D eigenvalue weighted by Gasteiger charge is 2.46. The molecule has 1 aliphatic carbocycles. The second-order valence-corrected chi connectivity index (χ2v) is 8.40. The molecule has 25 heavy (non-hydrogen) atoms. The number of rotatable bonds is 3. The van der Waals surface area contributed by atoms with Gasteiger partial charge in [-0.25, -0.2) is 0 Å². The minimum absolute atomic E-state index is 0.104. The molecule has 5 nitrogen and oxygen atoms in total. The first-order chi connectivity index (χ1) is 11.5. The van der Waals surface area contributed by atoms with E-state index in [0.29, 0.717) is 23.3 Å². The Balaban J connectivity index is 1.92. The lowest BCUT2D eigenvalue weighted by atomic mass is 9.90. The van der Waals surface area contributed by atoms with Gasteiger partial charge >= 0.3 is 15.5 Å². The van der Waals surface area contributed by atoms with E-state index in [1.54, 1.807) is 17.7 Å². The van der Waals surface area contributed by atoms with Crippen LogP contribution in [-0.2, 0) is 14.9 Å². The van der Waals surface area contributed by atoms with Crippen molar-refractivity contribution in [2.75, 3.05) is 4.72 Å². The zero-order chi connectivity index (χ0) is 18.5. The van der Waals surface area contributed by atoms with Crippen molar-refractivity contribution in [3.8, 4) is 0 Å². The Bertz CT molecular complexity index is 826. The summed E-state index contributed by atoms with van der Waals surface area (Å²) in [5.41, 5.74) is -3.31. The van der Waals surface area contributed by atoms with E-state index in [1.807, 2.05) is 6.92 Å². The molecule has 1 fully saturated rings. The van der Waals surface area contributed by atoms with E-state index in [0.717, 1.165) is 31.2 Å². The summed E-state index contributed by atoms with van der Waals surface area (Å²) in [6.45, 7) is 3.36. The van der Waals surface area contributed by atoms with Gasteiger partial charge in [0.15, 0.2) is 0 Å². The Morgan fingerprint density at radius 1 is 1.16 bits per heavy atom. The molecule has 3 rings (SSSR count). The quantitative estimate of drug-likeness (QED) is 0.867. The Hall–Kier alpha value is -1.77. The van der Waals surface area contributed by atoms with Crippen molar-refractivity contribution < 1.29 is 26.4 Å². The molecule has 2 aliphatic rings. The van der Waals surface area contributed by atoms with Crippen molar-refractivity contribution in [2.24, 2.45) is 5.16 Å². The molecule has 1 saturated carbocycles. The smallest absolute Gasteiger partial charge is 0.389 e. The number of sulfonamides is 1. The van der Waals surface area contributed by atoms with Crippen LogP contribution in [0.15, 0.2) is 17.3 Å². The van der Waals surface area contributed by atoms with Gasteiger partial charge in [-0.3, -0.25) is 4.72 Å². The second kappa shape index (κ2) is 5.89. The van der Waals surface area contributed by atoms with Crippen LogP contribution in [0.3, 0.4) is 0 Å². The lowest BCUT2D eigenvalue weighted by Gasteiger charge is -2.19. The van der Waals surface area contributed by atoms with Crippen molar-refractivity contribution in [3.63, 3.8) is 0 Å². The molecule has 1 aromatic carbocycles. The van der Waals surface area contributed by atoms with Crippen molar-refractivity contribution in [1.82, 2.24) is 0 Å². The van der Waals surface area contributed by atoms with Crippen molar-refractivity contribution in [3.05, 3.63) is 28.8 Å². The van der Waals surface area contributed by atoms with Gasteiger partial charge in [0.25, 0.3) is 0 Å². The van der Waals surface area contributed by atoms with Crippen LogP contribution in [0.2, 0.25) is 0 Å². The average Bonchev–Trinajstić information content (AvgIpc) is 3.11. The molecular weight excluding hydrogens is 357 g/mol. The first-order valence-corrected chi connectivity index (χ1v) is 9.47. The summed E-state index contributed by atoms with van der Waals surface area (Å²) in [5.74, 6) is 0. The molecule has 0 aromatic heterocycles. The maximum Gasteiger partial charge on any atom is 0.516 e. The van der Waals surface area contributed by atoms with E-state index in [4.69, 9.17) is 4.84 Å². The number of nitrogens with one attached hydrogen (secondary N) is 1. The first kappa shape index (κ1) is 18.0. The second-order valence-electron chi connectivity index (χ2n) is 6.73. The molecule has 1 aromatic rings. The average molecular weight is 376 g/mol. The van der Waals surface area contributed by atoms with E-state index >= 15 is 0 Å². The maximum absolute atomic E-state index is 12.6. The van der Waals surface area contributed by atoms with Crippen LogP contribution in [0.5, 0.6) is 0 Å². The third-order valence-electron chi connectivity index (χ3n) is 4.79. The van der Waals surface area contributed by atoms with Gasteiger partial charge in [0, 0.05) is 12.0 Å². The Morgan fingerprint density at radius 2 is 1.80 bits per heavy atom. The SMILES string of the molecule is Cc1cc(C)c(C2=NOC3(CCCC3)C2)cc1NS(=O)(=O)C(F)(F)F. The van der Waals surface area contributed by atoms with Crippen LogP contribution in [0, 0.1) is 13.8 Å². The highest BCUT2D eigenvalue weighted by molar-refractivity contribution is 7.93. The number of hydrogen-bond acceptors (Lipinski definition) is 4. The highest BCUT2D eigenvalue weighted by Crippen LogP contribution is 2.41. The third kappa shape index (κ3) is 3.33. The molecule has 1 aliphatic heterocycles. The number of nitrogens with zero attached hydrogens (tertiary/aromatic N) is 1. The fourth-order valence-electron chi connectivity index (χ4n) is 3.43. The van der Waals surface area contributed by atoms with E-state index in [1.165, 1.54) is 6.07 Å². The van der Waals surface area contributed by atoms with Gasteiger partial charge in [-0.05, 0) is 56.7 Å². The summed E-state index contributed by atoms with van der Waals surface area (Å²) >= 11 is 0. The normalized spacial score (nSPS) is 19.8. The molecule has 0 radical (unpaired) electrons. The van der Waals surface area contributed by atoms with Gasteiger partial charge in [-0.2, -0.15) is 21.6 Å². The van der Waals surface area contributed by atoms with Crippen LogP contribution in [0.25, 0.3) is 0 Å². The van der Waals surface area contributed by atoms with E-state index in [2.05, 4.69) is 5.16 Å². The van der Waals surface area contributed by atoms with Gasteiger partial charge in [-0.1, -0.05) is 11.2 Å². The summed E-state index contributed by atoms with van der Waals surface area (Å²) in [6, 6.07) is 3.05. The van der Waals surface area contributed by atoms with Crippen LogP contribution in [-0.4, -0.2) is 25.2 Å². The van der Waals surface area contributed by atoms with Gasteiger partial charge in [0.2, 0.25) is 0 Å². The zero-order valence-electron chi connectivity index (χ0n) is 13.9. The Kier molecular flexibility index (Phi) is 4.25. The number of alkyl halides is 3. The van der Waals surface area contributed by atoms with Crippen LogP contribution in [0.4, 0.5) is 18.9 Å². The standard InChI is InChI=1S/C16H19F3N2O3S/c1-10-7-11(2)13(21-25(22,23)16(17,18)19)8-12(10)14-9-15(24-20-14)5-3-4-6-15/h7-8,21H,3-6,9H2,1-2H3. The molecule has 1 spiro atoms. The van der Waals surface area contributed by atoms with E-state index in [9.17, 15) is 21.6 Å². The molecule has 0 atom stereocenters. The monoisotopic (exact) mass is 376 g/mol. The molecule has 0 amide bonds. The molecule has 0 unspecified atom stereocenters. The first-order valence-electron chi connectivity index (χ1n) is 7.99. The van der Waals surface area contributed by atoms with Crippen molar-refractivity contribution in [2.45, 2.75) is 57.1 Å². The summed E-state index contributed by atoms with van der Waals surface area (Å²) < 4.78 is 62.4. The van der Waals surface area contributed by atoms with E-state index in [-0.39, 0.29) is 11.3 Å². The topological polar surface area (TPSA) is 67.8 Å². The number of aryl methyl sites for hydroxylation is 2. The molecule has 1 N–H and O–H groups in total. The molecule has 138 valence electrons. The maximum atomic E-state index is 12.6. The third-order valence-corrected chi connectivity index (χ3v) is 5.88. The van der Waals surface area contributed by atoms with Crippen molar-refractivity contribution >= 4 is 21.4 Å². The molecule has 0 bridgehead atoms. The molecule has 1 heterocycles. The summed E-state index contributed by atoms with van der Waals surface area (Å²) in [4.78, 5) is 5.62. The van der Waals surface area contributed by atoms with Gasteiger partial charge < -0.3 is 4.84 Å². The minimum atomic E-state index is -5.47. The number of oxime groups is 1. The number of halogens is 3. The van der Waals surface area contributed by atoms with Crippen molar-refractivity contribution in [1.29, 1.82) is 0 Å². The molecule has 0 saturated heterocycles. The lowest BCUT2D eigenvalue weighted by molar-refractivity contribution is -0.0429. The summed E-state index contributed by atoms with van der Waals surface area (Å²) in [5, 5.41) is 4.14. The summed E-state index contributed by atoms with van der Waals surface area (Å²) in [7, 11) is -5.47. The fraction of sp³-hybridized carbons (Fsp3) is 0.562. The van der Waals surface area contributed by atoms with Crippen LogP contribution < -0.4 is 4.72 Å². The Labute approximate surface area is 144 Å². The number of anilines is 1. The number of benzene rings is 1. The Morgan fingerprint density at radius 3 is 2.40 bits per heavy atom. The fourth-order valence-corrected chi connectivity index (χ4v) is 4.05. The molecule has 9 heteroatoms. The number of hydrogen-bond donors (Lipinski definition) is 1. The highest BCUT2D eigenvalue weighted by atomic mass is 32.2. The lowest BCUT2D eigenvalue weighted by Crippen LogP contribution is -2.30. The van der Waals surface area contributed by atoms with Gasteiger partial charge in [0.05, 0.1) is 11.4 Å². The summed E-state index contributed by atoms with van der Waals surface area (Å²) in [6.07, 6.45) is 4.51. The zero-order valence-corrected chi connectivity index (χ0v) is 14.7. The predicted molar refractivity (Wildman–Crippen MR) is 88.0 cm³/mol. The predicted octanol–water partition coefficient (Wildman–Crippen LogP) is 4.00. The van der Waals surface area contributed by atoms with E-state index < -0.39 is 15.5 Å². The molecular formula is C16H19F3N2O3S. The van der Waals surface area contributed by atoms with Gasteiger partial charge in [0.1, 0.15) is 5.60 Å². The van der Waals surface area contributed by atoms with Gasteiger partial charge in [-0.15, -0.1) is 0 Å². The van der Waals surface area contributed by atoms with Crippen LogP contribution >= 0.6 is 0 Å².